The normalized spacial score (nSPS) is 11.9. The first kappa shape index (κ1) is 30.7. The van der Waals surface area contributed by atoms with E-state index in [0.717, 1.165) is 0 Å². The van der Waals surface area contributed by atoms with E-state index in [0.29, 0.717) is 0 Å². The van der Waals surface area contributed by atoms with Crippen LogP contribution in [0, 0.1) is 15.3 Å². The zero-order valence-corrected chi connectivity index (χ0v) is 25.6. The molecule has 0 radical (unpaired) electrons. The van der Waals surface area contributed by atoms with Gasteiger partial charge in [0.05, 0.1) is 5.09 Å². The number of nitrogens with zero attached hydrogens (tertiary/aromatic N) is 3. The third-order valence-corrected chi connectivity index (χ3v) is 8.17. The molecule has 0 spiro atoms. The molecule has 0 saturated carbocycles. The van der Waals surface area contributed by atoms with Gasteiger partial charge in [0.15, 0.2) is 12.1 Å². The molecule has 0 aliphatic heterocycles. The molecule has 7 rings (SSSR count). The lowest BCUT2D eigenvalue weighted by atomic mass is 9.96. The van der Waals surface area contributed by atoms with Crippen molar-refractivity contribution in [2.45, 2.75) is 12.1 Å². The smallest absolute Gasteiger partial charge is 0.245 e. The third kappa shape index (κ3) is 7.52. The Labute approximate surface area is 274 Å². The Morgan fingerprint density at radius 1 is 0.468 bits per heavy atom. The van der Waals surface area contributed by atoms with Gasteiger partial charge in [-0.15, -0.1) is 0 Å². The Bertz CT molecular complexity index is 1850. The van der Waals surface area contributed by atoms with Crippen molar-refractivity contribution in [2.24, 2.45) is 0 Å². The Kier molecular flexibility index (Phi) is 9.60. The zero-order valence-electron chi connectivity index (χ0n) is 25.6. The maximum atomic E-state index is 8.25. The lowest BCUT2D eigenvalue weighted by Gasteiger charge is -2.17. The molecule has 2 unspecified atom stereocenters. The molecule has 0 amide bonds. The van der Waals surface area contributed by atoms with Crippen LogP contribution in [-0.2, 0) is 0 Å². The van der Waals surface area contributed by atoms with Crippen LogP contribution in [0.5, 0.6) is 0 Å². The minimum absolute atomic E-state index is 0.0455. The fourth-order valence-corrected chi connectivity index (χ4v) is 6.01. The first-order valence-corrected chi connectivity index (χ1v) is 15.4. The van der Waals surface area contributed by atoms with E-state index in [4.69, 9.17) is 15.3 Å². The Hall–Kier alpha value is -6.27. The monoisotopic (exact) mass is 615 g/mol. The van der Waals surface area contributed by atoms with E-state index in [1.165, 1.54) is 44.5 Å². The van der Waals surface area contributed by atoms with E-state index < -0.39 is 5.09 Å². The maximum absolute atomic E-state index is 8.25. The molecule has 6 nitrogen and oxygen atoms in total. The molecule has 1 heterocycles. The molecule has 7 aromatic rings. The molecule has 1 aromatic heterocycles. The standard InChI is InChI=1S/C41H33N2.NO3/c1-5-13-32(14-6-1)34-21-25-38(26-22-34)40(36-17-9-3-10-18-36)42-29-30-43(31-42)41(37-19-11-4-12-20-37)39-27-23-35(24-28-39)33-15-7-2-8-16-33;2-1(3)4/h1-31,40-41H;/q+1;-1. The van der Waals surface area contributed by atoms with Gasteiger partial charge in [-0.2, -0.15) is 0 Å². The first-order valence-electron chi connectivity index (χ1n) is 15.4. The maximum Gasteiger partial charge on any atom is 0.245 e. The second kappa shape index (κ2) is 14.7. The highest BCUT2D eigenvalue weighted by molar-refractivity contribution is 5.64. The minimum Gasteiger partial charge on any atom is -0.356 e. The van der Waals surface area contributed by atoms with E-state index in [2.05, 4.69) is 198 Å². The van der Waals surface area contributed by atoms with Crippen LogP contribution in [-0.4, -0.2) is 9.65 Å². The summed E-state index contributed by atoms with van der Waals surface area (Å²) in [5, 5.41) is 14.8. The summed E-state index contributed by atoms with van der Waals surface area (Å²) in [5.41, 5.74) is 9.90. The summed E-state index contributed by atoms with van der Waals surface area (Å²) < 4.78 is 4.67. The van der Waals surface area contributed by atoms with Crippen LogP contribution in [0.15, 0.2) is 189 Å². The summed E-state index contributed by atoms with van der Waals surface area (Å²) in [4.78, 5) is 8.25. The predicted octanol–water partition coefficient (Wildman–Crippen LogP) is 9.15. The molecule has 47 heavy (non-hydrogen) atoms. The molecule has 0 aliphatic rings. The average molecular weight is 616 g/mol. The second-order valence-electron chi connectivity index (χ2n) is 11.1. The number of rotatable bonds is 8. The van der Waals surface area contributed by atoms with E-state index in [9.17, 15) is 0 Å². The van der Waals surface area contributed by atoms with Gasteiger partial charge in [-0.25, -0.2) is 9.13 Å². The van der Waals surface area contributed by atoms with Gasteiger partial charge in [-0.1, -0.05) is 170 Å². The topological polar surface area (TPSA) is 75.0 Å². The van der Waals surface area contributed by atoms with Crippen LogP contribution >= 0.6 is 0 Å². The van der Waals surface area contributed by atoms with E-state index in [1.54, 1.807) is 0 Å². The number of hydrogen-bond donors (Lipinski definition) is 0. The van der Waals surface area contributed by atoms with Gasteiger partial charge in [0, 0.05) is 22.3 Å². The third-order valence-electron chi connectivity index (χ3n) is 8.17. The molecular formula is C41H33N3O3. The number of hydrogen-bond acceptors (Lipinski definition) is 3. The van der Waals surface area contributed by atoms with Crippen molar-refractivity contribution in [1.29, 1.82) is 0 Å². The van der Waals surface area contributed by atoms with Crippen molar-refractivity contribution in [1.82, 2.24) is 4.57 Å². The lowest BCUT2D eigenvalue weighted by molar-refractivity contribution is -0.704. The highest BCUT2D eigenvalue weighted by Gasteiger charge is 2.26. The van der Waals surface area contributed by atoms with Crippen molar-refractivity contribution >= 4 is 0 Å². The molecule has 6 heteroatoms. The van der Waals surface area contributed by atoms with Crippen LogP contribution in [0.25, 0.3) is 22.3 Å². The largest absolute Gasteiger partial charge is 0.356 e. The van der Waals surface area contributed by atoms with Crippen LogP contribution in [0.4, 0.5) is 0 Å². The van der Waals surface area contributed by atoms with E-state index >= 15 is 0 Å². The SMILES string of the molecule is O=[N+]([O-])[O-].c1ccc(-c2ccc(C(c3ccccc3)n3cc[n+](C(c4ccccc4)c4ccc(-c5ccccc5)cc4)c3)cc2)cc1. The second-order valence-corrected chi connectivity index (χ2v) is 11.1. The fourth-order valence-electron chi connectivity index (χ4n) is 6.01. The van der Waals surface area contributed by atoms with Crippen LogP contribution in [0.1, 0.15) is 34.3 Å². The molecule has 0 bridgehead atoms. The summed E-state index contributed by atoms with van der Waals surface area (Å²) in [7, 11) is 0. The Morgan fingerprint density at radius 3 is 1.28 bits per heavy atom. The zero-order chi connectivity index (χ0) is 32.4. The van der Waals surface area contributed by atoms with Gasteiger partial charge in [0.1, 0.15) is 12.4 Å². The molecule has 6 aromatic carbocycles. The van der Waals surface area contributed by atoms with E-state index in [-0.39, 0.29) is 12.1 Å². The Balaban J connectivity index is 0.000000915. The lowest BCUT2D eigenvalue weighted by Crippen LogP contribution is -2.39. The molecule has 0 fully saturated rings. The highest BCUT2D eigenvalue weighted by Crippen LogP contribution is 2.30. The predicted molar refractivity (Wildman–Crippen MR) is 186 cm³/mol. The van der Waals surface area contributed by atoms with Crippen molar-refractivity contribution in [3.8, 4) is 22.3 Å². The van der Waals surface area contributed by atoms with Crippen LogP contribution in [0.3, 0.4) is 0 Å². The quantitative estimate of drug-likeness (QED) is 0.0972. The Morgan fingerprint density at radius 2 is 0.809 bits per heavy atom. The minimum atomic E-state index is -1.75. The van der Waals surface area contributed by atoms with Crippen LogP contribution in [0.2, 0.25) is 0 Å². The summed E-state index contributed by atoms with van der Waals surface area (Å²) >= 11 is 0. The number of benzene rings is 6. The van der Waals surface area contributed by atoms with Gasteiger partial charge in [0.25, 0.3) is 0 Å². The van der Waals surface area contributed by atoms with Crippen molar-refractivity contribution in [3.05, 3.63) is 226 Å². The summed E-state index contributed by atoms with van der Waals surface area (Å²) in [6.45, 7) is 0. The average Bonchev–Trinajstić information content (AvgIpc) is 3.59. The van der Waals surface area contributed by atoms with Crippen molar-refractivity contribution in [3.63, 3.8) is 0 Å². The molecule has 2 atom stereocenters. The summed E-state index contributed by atoms with van der Waals surface area (Å²) in [5.74, 6) is 0. The van der Waals surface area contributed by atoms with Gasteiger partial charge in [-0.05, 0) is 22.3 Å². The molecule has 0 N–H and O–H groups in total. The van der Waals surface area contributed by atoms with Gasteiger partial charge >= 0.3 is 0 Å². The van der Waals surface area contributed by atoms with Gasteiger partial charge < -0.3 is 15.3 Å². The summed E-state index contributed by atoms with van der Waals surface area (Å²) in [6.07, 6.45) is 6.67. The first-order chi connectivity index (χ1) is 23.1. The molecule has 0 saturated heterocycles. The number of imidazole rings is 1. The van der Waals surface area contributed by atoms with Crippen LogP contribution < -0.4 is 4.57 Å². The van der Waals surface area contributed by atoms with Gasteiger partial charge in [0.2, 0.25) is 6.33 Å². The number of aromatic nitrogens is 2. The summed E-state index contributed by atoms with van der Waals surface area (Å²) in [6, 6.07) is 60.8. The molecule has 230 valence electrons. The van der Waals surface area contributed by atoms with E-state index in [1.807, 2.05) is 0 Å². The molecule has 0 aliphatic carbocycles. The molecular weight excluding hydrogens is 582 g/mol. The van der Waals surface area contributed by atoms with Crippen molar-refractivity contribution in [2.75, 3.05) is 0 Å². The van der Waals surface area contributed by atoms with Crippen molar-refractivity contribution < 1.29 is 9.65 Å². The highest BCUT2D eigenvalue weighted by atomic mass is 16.9. The fraction of sp³-hybridized carbons (Fsp3) is 0.0488. The van der Waals surface area contributed by atoms with Gasteiger partial charge in [-0.3, -0.25) is 0 Å².